The van der Waals surface area contributed by atoms with Crippen LogP contribution in [0, 0.1) is 6.92 Å². The molecule has 2 aromatic rings. The lowest BCUT2D eigenvalue weighted by Crippen LogP contribution is -2.49. The zero-order valence-electron chi connectivity index (χ0n) is 13.7. The number of amides is 1. The van der Waals surface area contributed by atoms with Crippen molar-refractivity contribution in [3.05, 3.63) is 28.3 Å². The second-order valence-electron chi connectivity index (χ2n) is 5.93. The fourth-order valence-corrected chi connectivity index (χ4v) is 4.02. The normalized spacial score (nSPS) is 18.3. The van der Waals surface area contributed by atoms with E-state index in [1.165, 1.54) is 11.0 Å². The highest BCUT2D eigenvalue weighted by molar-refractivity contribution is 7.20. The van der Waals surface area contributed by atoms with Crippen LogP contribution in [0.1, 0.15) is 27.3 Å². The Morgan fingerprint density at radius 1 is 1.42 bits per heavy atom. The van der Waals surface area contributed by atoms with Crippen LogP contribution in [0.3, 0.4) is 0 Å². The summed E-state index contributed by atoms with van der Waals surface area (Å²) >= 11 is 0.886. The number of carbonyl (C=O) groups excluding carboxylic acids is 1. The van der Waals surface area contributed by atoms with Crippen LogP contribution in [0.2, 0.25) is 0 Å². The van der Waals surface area contributed by atoms with Crippen LogP contribution in [0.15, 0.2) is 12.1 Å². The van der Waals surface area contributed by atoms with Gasteiger partial charge in [-0.1, -0.05) is 0 Å². The average Bonchev–Trinajstić information content (AvgIpc) is 2.90. The monoisotopic (exact) mass is 388 g/mol. The van der Waals surface area contributed by atoms with Crippen LogP contribution < -0.4 is 0 Å². The lowest BCUT2D eigenvalue weighted by atomic mass is 10.1. The molecule has 0 aliphatic carbocycles. The molecule has 6 nitrogen and oxygen atoms in total. The Bertz CT molecular complexity index is 865. The predicted molar refractivity (Wildman–Crippen MR) is 87.3 cm³/mol. The van der Waals surface area contributed by atoms with Crippen LogP contribution >= 0.6 is 11.3 Å². The van der Waals surface area contributed by atoms with Crippen molar-refractivity contribution in [2.75, 3.05) is 19.8 Å². The number of morpholine rings is 1. The van der Waals surface area contributed by atoms with Crippen LogP contribution in [-0.2, 0) is 15.7 Å². The number of rotatable bonds is 3. The number of aryl methyl sites for hydroxylation is 1. The molecule has 0 saturated carbocycles. The van der Waals surface area contributed by atoms with Crippen molar-refractivity contribution in [3.63, 3.8) is 0 Å². The molecule has 0 bridgehead atoms. The minimum absolute atomic E-state index is 0.110. The Labute approximate surface area is 150 Å². The van der Waals surface area contributed by atoms with Gasteiger partial charge in [-0.3, -0.25) is 9.59 Å². The average molecular weight is 388 g/mol. The first-order valence-corrected chi connectivity index (χ1v) is 8.58. The zero-order valence-corrected chi connectivity index (χ0v) is 14.5. The number of carbonyl (C=O) groups is 2. The largest absolute Gasteiger partial charge is 0.481 e. The van der Waals surface area contributed by atoms with E-state index in [0.717, 1.165) is 17.4 Å². The van der Waals surface area contributed by atoms with E-state index in [2.05, 4.69) is 4.98 Å². The summed E-state index contributed by atoms with van der Waals surface area (Å²) in [5.41, 5.74) is -0.475. The maximum atomic E-state index is 12.9. The number of pyridine rings is 1. The number of hydrogen-bond donors (Lipinski definition) is 1. The fourth-order valence-electron chi connectivity index (χ4n) is 2.88. The first-order chi connectivity index (χ1) is 12.2. The Morgan fingerprint density at radius 3 is 2.81 bits per heavy atom. The molecule has 3 rings (SSSR count). The number of nitrogens with zero attached hydrogens (tertiary/aromatic N) is 2. The van der Waals surface area contributed by atoms with Gasteiger partial charge in [0, 0.05) is 11.9 Å². The first kappa shape index (κ1) is 18.6. The van der Waals surface area contributed by atoms with Gasteiger partial charge in [0.2, 0.25) is 0 Å². The molecular formula is C16H15F3N2O4S. The van der Waals surface area contributed by atoms with E-state index in [1.807, 2.05) is 0 Å². The van der Waals surface area contributed by atoms with E-state index >= 15 is 0 Å². The summed E-state index contributed by atoms with van der Waals surface area (Å²) in [5, 5.41) is 9.49. The molecule has 1 saturated heterocycles. The number of hydrogen-bond acceptors (Lipinski definition) is 5. The summed E-state index contributed by atoms with van der Waals surface area (Å²) in [6, 6.07) is 1.58. The van der Waals surface area contributed by atoms with Gasteiger partial charge in [-0.25, -0.2) is 4.98 Å². The number of ether oxygens (including phenoxy) is 1. The Hall–Kier alpha value is -2.20. The maximum Gasteiger partial charge on any atom is 0.433 e. The number of aromatic nitrogens is 1. The summed E-state index contributed by atoms with van der Waals surface area (Å²) in [5.74, 6) is -1.46. The first-order valence-electron chi connectivity index (χ1n) is 7.76. The lowest BCUT2D eigenvalue weighted by molar-refractivity contribution is -0.141. The molecule has 1 N–H and O–H groups in total. The number of alkyl halides is 3. The van der Waals surface area contributed by atoms with Crippen molar-refractivity contribution in [1.82, 2.24) is 9.88 Å². The van der Waals surface area contributed by atoms with Crippen LogP contribution in [0.4, 0.5) is 13.2 Å². The van der Waals surface area contributed by atoms with Crippen molar-refractivity contribution >= 4 is 33.4 Å². The van der Waals surface area contributed by atoms with E-state index in [4.69, 9.17) is 9.84 Å². The third-order valence-electron chi connectivity index (χ3n) is 4.19. The number of aliphatic carboxylic acids is 1. The van der Waals surface area contributed by atoms with Gasteiger partial charge in [0.05, 0.1) is 30.6 Å². The molecule has 1 aliphatic rings. The van der Waals surface area contributed by atoms with Crippen LogP contribution in [0.5, 0.6) is 0 Å². The highest BCUT2D eigenvalue weighted by atomic mass is 32.1. The lowest BCUT2D eigenvalue weighted by Gasteiger charge is -2.34. The summed E-state index contributed by atoms with van der Waals surface area (Å²) in [6.07, 6.45) is -4.82. The van der Waals surface area contributed by atoms with E-state index in [-0.39, 0.29) is 35.9 Å². The molecule has 140 valence electrons. The summed E-state index contributed by atoms with van der Waals surface area (Å²) < 4.78 is 43.8. The summed E-state index contributed by atoms with van der Waals surface area (Å²) in [6.45, 7) is 2.26. The molecule has 10 heteroatoms. The topological polar surface area (TPSA) is 79.7 Å². The van der Waals surface area contributed by atoms with Crippen molar-refractivity contribution in [3.8, 4) is 0 Å². The Morgan fingerprint density at radius 2 is 2.15 bits per heavy atom. The second-order valence-corrected chi connectivity index (χ2v) is 6.93. The highest BCUT2D eigenvalue weighted by Gasteiger charge is 2.34. The number of fused-ring (bicyclic) bond motifs is 1. The van der Waals surface area contributed by atoms with Crippen molar-refractivity contribution in [1.29, 1.82) is 0 Å². The highest BCUT2D eigenvalue weighted by Crippen LogP contribution is 2.35. The molecule has 1 atom stereocenters. The maximum absolute atomic E-state index is 12.9. The van der Waals surface area contributed by atoms with Crippen LogP contribution in [-0.4, -0.2) is 52.7 Å². The molecule has 1 amide bonds. The minimum atomic E-state index is -4.56. The number of thiophene rings is 1. The molecule has 2 aromatic heterocycles. The quantitative estimate of drug-likeness (QED) is 0.875. The Kier molecular flexibility index (Phi) is 4.89. The van der Waals surface area contributed by atoms with Gasteiger partial charge in [-0.05, 0) is 24.6 Å². The van der Waals surface area contributed by atoms with E-state index in [9.17, 15) is 22.8 Å². The van der Waals surface area contributed by atoms with Crippen molar-refractivity contribution in [2.45, 2.75) is 25.6 Å². The van der Waals surface area contributed by atoms with Gasteiger partial charge in [-0.2, -0.15) is 13.2 Å². The van der Waals surface area contributed by atoms with E-state index < -0.39 is 29.8 Å². The number of carboxylic acid groups (broad SMARTS) is 1. The summed E-state index contributed by atoms with van der Waals surface area (Å²) in [4.78, 5) is 29.3. The molecule has 3 heterocycles. The van der Waals surface area contributed by atoms with Crippen molar-refractivity contribution < 1.29 is 32.6 Å². The third kappa shape index (κ3) is 3.51. The molecule has 0 aromatic carbocycles. The minimum Gasteiger partial charge on any atom is -0.481 e. The summed E-state index contributed by atoms with van der Waals surface area (Å²) in [7, 11) is 0. The SMILES string of the molecule is Cc1c(C(=O)N2CCOCC2CC(=O)O)sc2nc(C(F)(F)F)ccc12. The van der Waals surface area contributed by atoms with Crippen molar-refractivity contribution in [2.24, 2.45) is 0 Å². The smallest absolute Gasteiger partial charge is 0.433 e. The standard InChI is InChI=1S/C16H15F3N2O4S/c1-8-10-2-3-11(16(17,18)19)20-14(10)26-13(8)15(24)21-4-5-25-7-9(21)6-12(22)23/h2-3,9H,4-7H2,1H3,(H,22,23). The van der Waals surface area contributed by atoms with Gasteiger partial charge in [0.25, 0.3) is 5.91 Å². The number of carboxylic acids is 1. The van der Waals surface area contributed by atoms with Gasteiger partial charge >= 0.3 is 12.1 Å². The second kappa shape index (κ2) is 6.84. The molecular weight excluding hydrogens is 373 g/mol. The molecule has 0 radical (unpaired) electrons. The molecule has 1 aliphatic heterocycles. The zero-order chi connectivity index (χ0) is 19.1. The van der Waals surface area contributed by atoms with Gasteiger partial charge in [0.1, 0.15) is 10.5 Å². The molecule has 1 fully saturated rings. The van der Waals surface area contributed by atoms with Gasteiger partial charge in [-0.15, -0.1) is 11.3 Å². The molecule has 26 heavy (non-hydrogen) atoms. The van der Waals surface area contributed by atoms with Gasteiger partial charge in [0.15, 0.2) is 0 Å². The Balaban J connectivity index is 1.97. The fraction of sp³-hybridized carbons (Fsp3) is 0.438. The van der Waals surface area contributed by atoms with Crippen LogP contribution in [0.25, 0.3) is 10.2 Å². The van der Waals surface area contributed by atoms with Gasteiger partial charge < -0.3 is 14.7 Å². The molecule has 1 unspecified atom stereocenters. The van der Waals surface area contributed by atoms with E-state index in [0.29, 0.717) is 10.9 Å². The molecule has 0 spiro atoms. The number of halogens is 3. The van der Waals surface area contributed by atoms with E-state index in [1.54, 1.807) is 6.92 Å². The third-order valence-corrected chi connectivity index (χ3v) is 5.38. The predicted octanol–water partition coefficient (Wildman–Crippen LogP) is 2.94.